The van der Waals surface area contributed by atoms with Crippen molar-refractivity contribution in [3.05, 3.63) is 29.8 Å². The lowest BCUT2D eigenvalue weighted by atomic mass is 9.70. The summed E-state index contributed by atoms with van der Waals surface area (Å²) in [7, 11) is 0. The van der Waals surface area contributed by atoms with Crippen molar-refractivity contribution in [1.82, 2.24) is 0 Å². The van der Waals surface area contributed by atoms with E-state index in [1.54, 1.807) is 0 Å². The Morgan fingerprint density at radius 1 is 1.10 bits per heavy atom. The van der Waals surface area contributed by atoms with E-state index in [1.807, 2.05) is 0 Å². The highest BCUT2D eigenvalue weighted by Crippen LogP contribution is 2.40. The number of anilines is 1. The molecule has 0 amide bonds. The van der Waals surface area contributed by atoms with Gasteiger partial charge in [-0.2, -0.15) is 0 Å². The zero-order valence-corrected chi connectivity index (χ0v) is 14.1. The second-order valence-corrected chi connectivity index (χ2v) is 8.55. The third-order valence-electron chi connectivity index (χ3n) is 4.48. The molecule has 0 bridgehead atoms. The predicted molar refractivity (Wildman–Crippen MR) is 89.3 cm³/mol. The predicted octanol–water partition coefficient (Wildman–Crippen LogP) is 5.61. The second-order valence-electron chi connectivity index (χ2n) is 8.55. The van der Waals surface area contributed by atoms with Gasteiger partial charge in [0.1, 0.15) is 0 Å². The minimum atomic E-state index is 0.194. The van der Waals surface area contributed by atoms with Crippen LogP contribution in [0.4, 0.5) is 5.69 Å². The molecule has 0 aliphatic heterocycles. The van der Waals surface area contributed by atoms with Gasteiger partial charge in [-0.3, -0.25) is 0 Å². The maximum atomic E-state index is 3.84. The van der Waals surface area contributed by atoms with Crippen molar-refractivity contribution in [1.29, 1.82) is 0 Å². The normalized spacial score (nSPS) is 26.3. The van der Waals surface area contributed by atoms with Gasteiger partial charge in [-0.25, -0.2) is 0 Å². The van der Waals surface area contributed by atoms with E-state index in [2.05, 4.69) is 71.1 Å². The monoisotopic (exact) mass is 273 g/mol. The van der Waals surface area contributed by atoms with Gasteiger partial charge in [-0.05, 0) is 47.6 Å². The zero-order valence-electron chi connectivity index (χ0n) is 14.1. The van der Waals surface area contributed by atoms with Crippen molar-refractivity contribution in [3.8, 4) is 0 Å². The number of rotatable bonds is 2. The fourth-order valence-electron chi connectivity index (χ4n) is 3.94. The van der Waals surface area contributed by atoms with Crippen LogP contribution in [-0.2, 0) is 5.41 Å². The lowest BCUT2D eigenvalue weighted by molar-refractivity contribution is 0.178. The van der Waals surface area contributed by atoms with Crippen molar-refractivity contribution in [2.45, 2.75) is 72.3 Å². The Bertz CT molecular complexity index is 453. The van der Waals surface area contributed by atoms with Crippen LogP contribution in [0.25, 0.3) is 0 Å². The van der Waals surface area contributed by atoms with Crippen molar-refractivity contribution in [2.75, 3.05) is 5.32 Å². The molecule has 0 saturated heterocycles. The van der Waals surface area contributed by atoms with E-state index in [9.17, 15) is 0 Å². The van der Waals surface area contributed by atoms with Gasteiger partial charge in [0, 0.05) is 11.7 Å². The molecule has 1 saturated carbocycles. The molecule has 0 radical (unpaired) electrons. The van der Waals surface area contributed by atoms with Crippen molar-refractivity contribution in [3.63, 3.8) is 0 Å². The molecule has 1 aliphatic rings. The average molecular weight is 273 g/mol. The second kappa shape index (κ2) is 5.42. The summed E-state index contributed by atoms with van der Waals surface area (Å²) in [5.74, 6) is 0.818. The van der Waals surface area contributed by atoms with Gasteiger partial charge < -0.3 is 5.32 Å². The molecule has 1 aromatic rings. The standard InChI is InChI=1S/C19H31N/c1-14-11-15(13-19(5,6)12-14)20-17-10-8-7-9-16(17)18(2,3)4/h7-10,14-15,20H,11-13H2,1-6H3. The smallest absolute Gasteiger partial charge is 0.0380 e. The van der Waals surface area contributed by atoms with Crippen LogP contribution in [0.15, 0.2) is 24.3 Å². The molecule has 1 aliphatic carbocycles. The van der Waals surface area contributed by atoms with E-state index < -0.39 is 0 Å². The van der Waals surface area contributed by atoms with E-state index in [-0.39, 0.29) is 5.41 Å². The van der Waals surface area contributed by atoms with Crippen molar-refractivity contribution >= 4 is 5.69 Å². The SMILES string of the molecule is CC1CC(Nc2ccccc2C(C)(C)C)CC(C)(C)C1. The van der Waals surface area contributed by atoms with E-state index in [0.29, 0.717) is 11.5 Å². The largest absolute Gasteiger partial charge is 0.382 e. The number of hydrogen-bond acceptors (Lipinski definition) is 1. The maximum Gasteiger partial charge on any atom is 0.0380 e. The number of benzene rings is 1. The quantitative estimate of drug-likeness (QED) is 0.738. The fourth-order valence-corrected chi connectivity index (χ4v) is 3.94. The first-order valence-corrected chi connectivity index (χ1v) is 8.03. The molecule has 1 nitrogen and oxygen atoms in total. The van der Waals surface area contributed by atoms with Gasteiger partial charge in [0.05, 0.1) is 0 Å². The summed E-state index contributed by atoms with van der Waals surface area (Å²) in [5.41, 5.74) is 3.41. The molecule has 2 atom stereocenters. The summed E-state index contributed by atoms with van der Waals surface area (Å²) in [6.07, 6.45) is 3.92. The van der Waals surface area contributed by atoms with Crippen LogP contribution in [0.1, 0.15) is 66.4 Å². The molecule has 2 unspecified atom stereocenters. The molecule has 1 N–H and O–H groups in total. The van der Waals surface area contributed by atoms with Crippen LogP contribution >= 0.6 is 0 Å². The van der Waals surface area contributed by atoms with Crippen LogP contribution < -0.4 is 5.32 Å². The van der Waals surface area contributed by atoms with Crippen LogP contribution in [0.3, 0.4) is 0 Å². The lowest BCUT2D eigenvalue weighted by Crippen LogP contribution is -2.36. The Balaban J connectivity index is 2.18. The first-order valence-electron chi connectivity index (χ1n) is 8.03. The number of para-hydroxylation sites is 1. The molecule has 0 heterocycles. The van der Waals surface area contributed by atoms with Crippen LogP contribution in [-0.4, -0.2) is 6.04 Å². The first-order chi connectivity index (χ1) is 9.17. The molecule has 112 valence electrons. The molecule has 1 aromatic carbocycles. The third-order valence-corrected chi connectivity index (χ3v) is 4.48. The van der Waals surface area contributed by atoms with Gasteiger partial charge in [-0.15, -0.1) is 0 Å². The Morgan fingerprint density at radius 2 is 1.75 bits per heavy atom. The molecule has 1 fully saturated rings. The van der Waals surface area contributed by atoms with Crippen LogP contribution in [0.5, 0.6) is 0 Å². The topological polar surface area (TPSA) is 12.0 Å². The minimum absolute atomic E-state index is 0.194. The number of nitrogens with one attached hydrogen (secondary N) is 1. The maximum absolute atomic E-state index is 3.84. The van der Waals surface area contributed by atoms with Gasteiger partial charge in [0.15, 0.2) is 0 Å². The summed E-state index contributed by atoms with van der Waals surface area (Å²) in [5, 5.41) is 3.84. The summed E-state index contributed by atoms with van der Waals surface area (Å²) in [6, 6.07) is 9.41. The molecule has 1 heteroatoms. The highest BCUT2D eigenvalue weighted by molar-refractivity contribution is 5.54. The highest BCUT2D eigenvalue weighted by Gasteiger charge is 2.32. The summed E-state index contributed by atoms with van der Waals surface area (Å²) >= 11 is 0. The average Bonchev–Trinajstić information content (AvgIpc) is 2.25. The summed E-state index contributed by atoms with van der Waals surface area (Å²) in [6.45, 7) is 14.1. The van der Waals surface area contributed by atoms with Crippen LogP contribution in [0.2, 0.25) is 0 Å². The van der Waals surface area contributed by atoms with Crippen molar-refractivity contribution < 1.29 is 0 Å². The molecular formula is C19H31N. The minimum Gasteiger partial charge on any atom is -0.382 e. The Hall–Kier alpha value is -0.980. The van der Waals surface area contributed by atoms with E-state index in [1.165, 1.54) is 30.5 Å². The van der Waals surface area contributed by atoms with Gasteiger partial charge in [-0.1, -0.05) is 59.7 Å². The lowest BCUT2D eigenvalue weighted by Gasteiger charge is -2.40. The Morgan fingerprint density at radius 3 is 2.35 bits per heavy atom. The first kappa shape index (κ1) is 15.4. The summed E-state index contributed by atoms with van der Waals surface area (Å²) < 4.78 is 0. The molecule has 2 rings (SSSR count). The van der Waals surface area contributed by atoms with Crippen molar-refractivity contribution in [2.24, 2.45) is 11.3 Å². The van der Waals surface area contributed by atoms with E-state index >= 15 is 0 Å². The highest BCUT2D eigenvalue weighted by atomic mass is 14.9. The summed E-state index contributed by atoms with van der Waals surface area (Å²) in [4.78, 5) is 0. The fraction of sp³-hybridized carbons (Fsp3) is 0.684. The molecule has 0 spiro atoms. The molecule has 0 aromatic heterocycles. The van der Waals surface area contributed by atoms with Gasteiger partial charge in [0.2, 0.25) is 0 Å². The Kier molecular flexibility index (Phi) is 4.18. The molecular weight excluding hydrogens is 242 g/mol. The van der Waals surface area contributed by atoms with E-state index in [4.69, 9.17) is 0 Å². The molecule has 20 heavy (non-hydrogen) atoms. The van der Waals surface area contributed by atoms with E-state index in [0.717, 1.165) is 5.92 Å². The third kappa shape index (κ3) is 3.77. The zero-order chi connectivity index (χ0) is 15.0. The van der Waals surface area contributed by atoms with Gasteiger partial charge >= 0.3 is 0 Å². The van der Waals surface area contributed by atoms with Crippen LogP contribution in [0, 0.1) is 11.3 Å². The Labute approximate surface area is 125 Å². The number of hydrogen-bond donors (Lipinski definition) is 1. The van der Waals surface area contributed by atoms with Gasteiger partial charge in [0.25, 0.3) is 0 Å².